The van der Waals surface area contributed by atoms with Crippen molar-refractivity contribution in [2.24, 2.45) is 0 Å². The van der Waals surface area contributed by atoms with Gasteiger partial charge in [0.15, 0.2) is 0 Å². The molecule has 2 heterocycles. The molecule has 1 aromatic carbocycles. The summed E-state index contributed by atoms with van der Waals surface area (Å²) < 4.78 is 5.50. The molecule has 3 aromatic rings. The van der Waals surface area contributed by atoms with Gasteiger partial charge >= 0.3 is 0 Å². The maximum absolute atomic E-state index is 12.0. The van der Waals surface area contributed by atoms with Crippen molar-refractivity contribution in [3.05, 3.63) is 70.8 Å². The van der Waals surface area contributed by atoms with Crippen molar-refractivity contribution in [3.8, 4) is 11.5 Å². The number of amides is 1. The predicted octanol–water partition coefficient (Wildman–Crippen LogP) is 3.67. The van der Waals surface area contributed by atoms with Crippen LogP contribution in [-0.2, 0) is 6.42 Å². The molecule has 0 atom stereocenters. The van der Waals surface area contributed by atoms with Crippen molar-refractivity contribution in [3.63, 3.8) is 0 Å². The number of aryl methyl sites for hydroxylation is 1. The zero-order valence-corrected chi connectivity index (χ0v) is 13.9. The van der Waals surface area contributed by atoms with E-state index in [1.54, 1.807) is 12.3 Å². The molecule has 0 saturated carbocycles. The molecule has 24 heavy (non-hydrogen) atoms. The molecule has 0 spiro atoms. The number of carbonyl (C=O) groups is 1. The third-order valence-corrected chi connectivity index (χ3v) is 3.69. The van der Waals surface area contributed by atoms with E-state index in [4.69, 9.17) is 16.0 Å². The highest BCUT2D eigenvalue weighted by Crippen LogP contribution is 2.19. The average Bonchev–Trinajstić information content (AvgIpc) is 3.04. The quantitative estimate of drug-likeness (QED) is 0.768. The Bertz CT molecular complexity index is 843. The number of halogens is 1. The zero-order valence-electron chi connectivity index (χ0n) is 13.1. The summed E-state index contributed by atoms with van der Waals surface area (Å²) in [6.07, 6.45) is 5.16. The minimum absolute atomic E-state index is 0.216. The topological polar surface area (TPSA) is 68.0 Å². The maximum atomic E-state index is 12.0. The van der Waals surface area contributed by atoms with Gasteiger partial charge in [0.2, 0.25) is 5.89 Å². The summed E-state index contributed by atoms with van der Waals surface area (Å²) in [4.78, 5) is 20.3. The molecule has 0 bridgehead atoms. The Morgan fingerprint density at radius 2 is 2.04 bits per heavy atom. The molecule has 1 amide bonds. The van der Waals surface area contributed by atoms with E-state index in [0.29, 0.717) is 29.4 Å². The van der Waals surface area contributed by atoms with E-state index in [1.165, 1.54) is 18.0 Å². The monoisotopic (exact) mass is 341 g/mol. The van der Waals surface area contributed by atoms with Crippen molar-refractivity contribution in [1.82, 2.24) is 15.3 Å². The summed E-state index contributed by atoms with van der Waals surface area (Å²) >= 11 is 5.82. The molecule has 122 valence electrons. The van der Waals surface area contributed by atoms with Crippen LogP contribution in [0.2, 0.25) is 5.02 Å². The summed E-state index contributed by atoms with van der Waals surface area (Å²) in [5, 5.41) is 3.24. The summed E-state index contributed by atoms with van der Waals surface area (Å²) in [5.41, 5.74) is 3.34. The lowest BCUT2D eigenvalue weighted by molar-refractivity contribution is 0.0953. The lowest BCUT2D eigenvalue weighted by atomic mass is 10.1. The number of benzene rings is 1. The highest BCUT2D eigenvalue weighted by atomic mass is 35.5. The molecule has 0 aliphatic rings. The van der Waals surface area contributed by atoms with Gasteiger partial charge in [0.05, 0.1) is 16.3 Å². The molecule has 1 N–H and O–H groups in total. The maximum Gasteiger partial charge on any atom is 0.252 e. The van der Waals surface area contributed by atoms with Crippen LogP contribution in [0.1, 0.15) is 21.6 Å². The van der Waals surface area contributed by atoms with Crippen LogP contribution in [-0.4, -0.2) is 22.4 Å². The molecule has 0 aliphatic carbocycles. The number of hydrogen-bond donors (Lipinski definition) is 1. The molecule has 2 aromatic heterocycles. The number of aromatic nitrogens is 2. The van der Waals surface area contributed by atoms with Crippen LogP contribution >= 0.6 is 11.6 Å². The van der Waals surface area contributed by atoms with Crippen LogP contribution in [0.3, 0.4) is 0 Å². The van der Waals surface area contributed by atoms with E-state index < -0.39 is 0 Å². The normalized spacial score (nSPS) is 10.6. The Kier molecular flexibility index (Phi) is 4.91. The lowest BCUT2D eigenvalue weighted by Crippen LogP contribution is -2.25. The van der Waals surface area contributed by atoms with Crippen molar-refractivity contribution in [1.29, 1.82) is 0 Å². The van der Waals surface area contributed by atoms with E-state index in [0.717, 1.165) is 11.3 Å². The number of hydrogen-bond acceptors (Lipinski definition) is 4. The van der Waals surface area contributed by atoms with Gasteiger partial charge in [-0.2, -0.15) is 0 Å². The van der Waals surface area contributed by atoms with Crippen molar-refractivity contribution >= 4 is 17.5 Å². The van der Waals surface area contributed by atoms with Gasteiger partial charge in [-0.1, -0.05) is 29.3 Å². The molecule has 0 aliphatic heterocycles. The van der Waals surface area contributed by atoms with Gasteiger partial charge in [-0.3, -0.25) is 9.78 Å². The van der Waals surface area contributed by atoms with Crippen LogP contribution < -0.4 is 5.32 Å². The van der Waals surface area contributed by atoms with Crippen LogP contribution in [0, 0.1) is 6.92 Å². The zero-order chi connectivity index (χ0) is 16.9. The Balaban J connectivity index is 1.56. The summed E-state index contributed by atoms with van der Waals surface area (Å²) in [5.74, 6) is 0.364. The number of carbonyl (C=O) groups excluding carboxylic acids is 1. The molecule has 6 heteroatoms. The van der Waals surface area contributed by atoms with Crippen LogP contribution in [0.15, 0.2) is 53.4 Å². The van der Waals surface area contributed by atoms with Gasteiger partial charge in [-0.05, 0) is 25.1 Å². The molecule has 3 rings (SSSR count). The van der Waals surface area contributed by atoms with E-state index in [2.05, 4.69) is 15.3 Å². The molecule has 0 radical (unpaired) electrons. The van der Waals surface area contributed by atoms with Crippen molar-refractivity contribution < 1.29 is 9.21 Å². The Labute approximate surface area is 144 Å². The second-order valence-corrected chi connectivity index (χ2v) is 5.84. The third kappa shape index (κ3) is 4.00. The number of rotatable bonds is 5. The van der Waals surface area contributed by atoms with Gasteiger partial charge in [0.25, 0.3) is 5.91 Å². The smallest absolute Gasteiger partial charge is 0.252 e. The second-order valence-electron chi connectivity index (χ2n) is 5.41. The van der Waals surface area contributed by atoms with E-state index in [-0.39, 0.29) is 5.91 Å². The first-order valence-electron chi connectivity index (χ1n) is 7.52. The van der Waals surface area contributed by atoms with E-state index >= 15 is 0 Å². The van der Waals surface area contributed by atoms with Gasteiger partial charge in [0.1, 0.15) is 6.26 Å². The molecule has 0 saturated heterocycles. The Morgan fingerprint density at radius 1 is 1.25 bits per heavy atom. The third-order valence-electron chi connectivity index (χ3n) is 3.48. The summed E-state index contributed by atoms with van der Waals surface area (Å²) in [6.45, 7) is 2.48. The highest BCUT2D eigenvalue weighted by Gasteiger charge is 2.09. The number of oxazole rings is 1. The Hall–Kier alpha value is -2.66. The minimum Gasteiger partial charge on any atom is -0.444 e. The van der Waals surface area contributed by atoms with Crippen LogP contribution in [0.25, 0.3) is 11.5 Å². The molecular weight excluding hydrogens is 326 g/mol. The fourth-order valence-electron chi connectivity index (χ4n) is 2.19. The van der Waals surface area contributed by atoms with E-state index in [1.807, 2.05) is 31.2 Å². The fraction of sp³-hybridized carbons (Fsp3) is 0.167. The molecule has 0 fully saturated rings. The van der Waals surface area contributed by atoms with Gasteiger partial charge in [-0.25, -0.2) is 4.98 Å². The average molecular weight is 342 g/mol. The summed E-state index contributed by atoms with van der Waals surface area (Å²) in [7, 11) is 0. The summed E-state index contributed by atoms with van der Waals surface area (Å²) in [6, 6.07) is 9.55. The number of nitrogens with zero attached hydrogens (tertiary/aromatic N) is 2. The minimum atomic E-state index is -0.216. The second kappa shape index (κ2) is 7.27. The van der Waals surface area contributed by atoms with Crippen LogP contribution in [0.4, 0.5) is 0 Å². The molecule has 0 unspecified atom stereocenters. The van der Waals surface area contributed by atoms with E-state index in [9.17, 15) is 4.79 Å². The first kappa shape index (κ1) is 16.2. The van der Waals surface area contributed by atoms with Gasteiger partial charge in [0, 0.05) is 30.9 Å². The van der Waals surface area contributed by atoms with Crippen molar-refractivity contribution in [2.75, 3.05) is 6.54 Å². The first-order valence-corrected chi connectivity index (χ1v) is 7.90. The largest absolute Gasteiger partial charge is 0.444 e. The fourth-order valence-corrected chi connectivity index (χ4v) is 2.37. The predicted molar refractivity (Wildman–Crippen MR) is 92.0 cm³/mol. The standard InChI is InChI=1S/C18H16ClN3O2/c1-12-2-4-13(5-3-12)18-22-16(11-24-18)6-7-21-17(23)14-8-15(19)10-20-9-14/h2-5,8-11H,6-7H2,1H3,(H,21,23). The van der Waals surface area contributed by atoms with Crippen molar-refractivity contribution in [2.45, 2.75) is 13.3 Å². The van der Waals surface area contributed by atoms with Gasteiger partial charge < -0.3 is 9.73 Å². The number of pyridine rings is 1. The van der Waals surface area contributed by atoms with Gasteiger partial charge in [-0.15, -0.1) is 0 Å². The highest BCUT2D eigenvalue weighted by molar-refractivity contribution is 6.30. The van der Waals surface area contributed by atoms with Crippen LogP contribution in [0.5, 0.6) is 0 Å². The Morgan fingerprint density at radius 3 is 2.79 bits per heavy atom. The SMILES string of the molecule is Cc1ccc(-c2nc(CCNC(=O)c3cncc(Cl)c3)co2)cc1. The lowest BCUT2D eigenvalue weighted by Gasteiger charge is -2.03. The first-order chi connectivity index (χ1) is 11.6. The number of nitrogens with one attached hydrogen (secondary N) is 1. The molecule has 5 nitrogen and oxygen atoms in total. The molecular formula is C18H16ClN3O2.